The van der Waals surface area contributed by atoms with Crippen molar-refractivity contribution in [2.45, 2.75) is 71.1 Å². The molecule has 0 fully saturated rings. The van der Waals surface area contributed by atoms with Gasteiger partial charge in [0.25, 0.3) is 0 Å². The summed E-state index contributed by atoms with van der Waals surface area (Å²) in [4.78, 5) is 11.7. The first-order valence-corrected chi connectivity index (χ1v) is 8.76. The third-order valence-electron chi connectivity index (χ3n) is 3.71. The van der Waals surface area contributed by atoms with E-state index in [0.29, 0.717) is 11.4 Å². The Morgan fingerprint density at radius 3 is 2.23 bits per heavy atom. The number of rotatable bonds is 11. The Bertz CT molecular complexity index is 451. The molecule has 0 saturated heterocycles. The molecule has 0 spiro atoms. The first-order valence-electron chi connectivity index (χ1n) is 8.38. The molecule has 0 bridgehead atoms. The molecule has 0 aliphatic rings. The van der Waals surface area contributed by atoms with Crippen molar-refractivity contribution >= 4 is 23.2 Å². The van der Waals surface area contributed by atoms with E-state index in [-0.39, 0.29) is 11.6 Å². The Balaban J connectivity index is 2.06. The molecule has 0 aliphatic heterocycles. The van der Waals surface area contributed by atoms with Crippen molar-refractivity contribution in [3.63, 3.8) is 0 Å². The van der Waals surface area contributed by atoms with Crippen molar-refractivity contribution in [3.05, 3.63) is 29.0 Å². The molecule has 22 heavy (non-hydrogen) atoms. The van der Waals surface area contributed by atoms with Crippen LogP contribution in [0.15, 0.2) is 18.2 Å². The summed E-state index contributed by atoms with van der Waals surface area (Å²) in [6.07, 6.45) is 11.4. The van der Waals surface area contributed by atoms with Crippen molar-refractivity contribution in [1.82, 2.24) is 0 Å². The minimum atomic E-state index is -0.493. The number of carbonyl (C=O) groups is 1. The minimum absolute atomic E-state index is 0.135. The van der Waals surface area contributed by atoms with E-state index < -0.39 is 5.82 Å². The molecule has 0 radical (unpaired) electrons. The summed E-state index contributed by atoms with van der Waals surface area (Å²) in [5, 5.41) is 2.92. The Hall–Kier alpha value is -1.09. The first kappa shape index (κ1) is 19.0. The first-order chi connectivity index (χ1) is 10.6. The lowest BCUT2D eigenvalue weighted by molar-refractivity contribution is -0.116. The standard InChI is InChI=1S/C18H27ClFNO/c1-2-3-4-5-6-7-8-9-10-11-18(22)21-17-13-12-15(19)14-16(17)20/h12-14H,2-11H2,1H3,(H,21,22). The topological polar surface area (TPSA) is 29.1 Å². The monoisotopic (exact) mass is 327 g/mol. The van der Waals surface area contributed by atoms with Crippen LogP contribution in [0.3, 0.4) is 0 Å². The van der Waals surface area contributed by atoms with Gasteiger partial charge in [-0.05, 0) is 24.6 Å². The largest absolute Gasteiger partial charge is 0.324 e. The van der Waals surface area contributed by atoms with E-state index in [4.69, 9.17) is 11.6 Å². The summed E-state index contributed by atoms with van der Waals surface area (Å²) in [6.45, 7) is 2.22. The molecular weight excluding hydrogens is 301 g/mol. The van der Waals surface area contributed by atoms with Crippen molar-refractivity contribution < 1.29 is 9.18 Å². The Morgan fingerprint density at radius 2 is 1.64 bits per heavy atom. The molecule has 0 heterocycles. The average molecular weight is 328 g/mol. The highest BCUT2D eigenvalue weighted by atomic mass is 35.5. The maximum absolute atomic E-state index is 13.5. The van der Waals surface area contributed by atoms with Crippen LogP contribution in [0.4, 0.5) is 10.1 Å². The van der Waals surface area contributed by atoms with Crippen LogP contribution in [0, 0.1) is 5.82 Å². The molecule has 0 aliphatic carbocycles. The lowest BCUT2D eigenvalue weighted by Gasteiger charge is -2.06. The highest BCUT2D eigenvalue weighted by Crippen LogP contribution is 2.19. The summed E-state index contributed by atoms with van der Waals surface area (Å²) in [7, 11) is 0. The highest BCUT2D eigenvalue weighted by Gasteiger charge is 2.07. The van der Waals surface area contributed by atoms with Crippen LogP contribution in [0.5, 0.6) is 0 Å². The van der Waals surface area contributed by atoms with Gasteiger partial charge in [0.15, 0.2) is 0 Å². The van der Waals surface area contributed by atoms with Crippen LogP contribution in [0.2, 0.25) is 5.02 Å². The van der Waals surface area contributed by atoms with Crippen LogP contribution in [-0.2, 0) is 4.79 Å². The second-order valence-electron chi connectivity index (χ2n) is 5.75. The van der Waals surface area contributed by atoms with Gasteiger partial charge in [0, 0.05) is 11.4 Å². The van der Waals surface area contributed by atoms with E-state index in [1.165, 1.54) is 57.1 Å². The average Bonchev–Trinajstić information content (AvgIpc) is 2.48. The van der Waals surface area contributed by atoms with Gasteiger partial charge in [-0.1, -0.05) is 69.9 Å². The van der Waals surface area contributed by atoms with Crippen LogP contribution in [0.1, 0.15) is 71.1 Å². The van der Waals surface area contributed by atoms with E-state index in [0.717, 1.165) is 12.8 Å². The van der Waals surface area contributed by atoms with Crippen molar-refractivity contribution in [3.8, 4) is 0 Å². The fourth-order valence-corrected chi connectivity index (χ4v) is 2.56. The summed E-state index contributed by atoms with van der Waals surface area (Å²) in [6, 6.07) is 4.26. The molecule has 1 aromatic carbocycles. The maximum atomic E-state index is 13.5. The number of hydrogen-bond acceptors (Lipinski definition) is 1. The van der Waals surface area contributed by atoms with Crippen molar-refractivity contribution in [2.75, 3.05) is 5.32 Å². The van der Waals surface area contributed by atoms with E-state index >= 15 is 0 Å². The number of amides is 1. The zero-order valence-corrected chi connectivity index (χ0v) is 14.2. The number of unbranched alkanes of at least 4 members (excludes halogenated alkanes) is 8. The number of nitrogens with one attached hydrogen (secondary N) is 1. The van der Waals surface area contributed by atoms with E-state index in [9.17, 15) is 9.18 Å². The molecule has 1 N–H and O–H groups in total. The Morgan fingerprint density at radius 1 is 1.05 bits per heavy atom. The second-order valence-corrected chi connectivity index (χ2v) is 6.19. The highest BCUT2D eigenvalue weighted by molar-refractivity contribution is 6.30. The predicted molar refractivity (Wildman–Crippen MR) is 91.9 cm³/mol. The summed E-state index contributed by atoms with van der Waals surface area (Å²) in [5.74, 6) is -0.628. The van der Waals surface area contributed by atoms with Gasteiger partial charge in [0.1, 0.15) is 5.82 Å². The summed E-state index contributed by atoms with van der Waals surface area (Å²) < 4.78 is 13.5. The fraction of sp³-hybridized carbons (Fsp3) is 0.611. The number of halogens is 2. The second kappa shape index (κ2) is 11.5. The van der Waals surface area contributed by atoms with Crippen LogP contribution < -0.4 is 5.32 Å². The summed E-state index contributed by atoms with van der Waals surface area (Å²) in [5.41, 5.74) is 0.199. The zero-order chi connectivity index (χ0) is 16.2. The number of anilines is 1. The van der Waals surface area contributed by atoms with Gasteiger partial charge in [0.2, 0.25) is 5.91 Å². The molecule has 0 atom stereocenters. The van der Waals surface area contributed by atoms with Crippen molar-refractivity contribution in [1.29, 1.82) is 0 Å². The number of hydrogen-bond donors (Lipinski definition) is 1. The van der Waals surface area contributed by atoms with E-state index in [1.54, 1.807) is 6.07 Å². The fourth-order valence-electron chi connectivity index (χ4n) is 2.40. The van der Waals surface area contributed by atoms with Gasteiger partial charge in [-0.25, -0.2) is 4.39 Å². The van der Waals surface area contributed by atoms with Crippen LogP contribution >= 0.6 is 11.6 Å². The SMILES string of the molecule is CCCCCCCCCCCC(=O)Nc1ccc(Cl)cc1F. The van der Waals surface area contributed by atoms with Gasteiger partial charge < -0.3 is 5.32 Å². The third kappa shape index (κ3) is 8.38. The maximum Gasteiger partial charge on any atom is 0.224 e. The summed E-state index contributed by atoms with van der Waals surface area (Å²) >= 11 is 5.67. The van der Waals surface area contributed by atoms with Crippen LogP contribution in [-0.4, -0.2) is 5.91 Å². The molecule has 2 nitrogen and oxygen atoms in total. The number of carbonyl (C=O) groups excluding carboxylic acids is 1. The molecular formula is C18H27ClFNO. The molecule has 4 heteroatoms. The Labute approximate surface area is 138 Å². The molecule has 0 aromatic heterocycles. The molecule has 1 rings (SSSR count). The quantitative estimate of drug-likeness (QED) is 0.472. The van der Waals surface area contributed by atoms with Gasteiger partial charge in [0.05, 0.1) is 5.69 Å². The van der Waals surface area contributed by atoms with Gasteiger partial charge in [-0.3, -0.25) is 4.79 Å². The smallest absolute Gasteiger partial charge is 0.224 e. The third-order valence-corrected chi connectivity index (χ3v) is 3.95. The molecule has 1 amide bonds. The predicted octanol–water partition coefficient (Wildman–Crippen LogP) is 6.34. The van der Waals surface area contributed by atoms with Gasteiger partial charge in [-0.2, -0.15) is 0 Å². The molecule has 124 valence electrons. The molecule has 1 aromatic rings. The van der Waals surface area contributed by atoms with Gasteiger partial charge in [-0.15, -0.1) is 0 Å². The van der Waals surface area contributed by atoms with Gasteiger partial charge >= 0.3 is 0 Å². The van der Waals surface area contributed by atoms with Crippen LogP contribution in [0.25, 0.3) is 0 Å². The van der Waals surface area contributed by atoms with E-state index in [2.05, 4.69) is 12.2 Å². The lowest BCUT2D eigenvalue weighted by Crippen LogP contribution is -2.12. The van der Waals surface area contributed by atoms with E-state index in [1.807, 2.05) is 0 Å². The minimum Gasteiger partial charge on any atom is -0.324 e. The van der Waals surface area contributed by atoms with Crippen molar-refractivity contribution in [2.24, 2.45) is 0 Å². The zero-order valence-electron chi connectivity index (χ0n) is 13.5. The lowest BCUT2D eigenvalue weighted by atomic mass is 10.1. The Kier molecular flexibility index (Phi) is 9.89. The normalized spacial score (nSPS) is 10.7. The number of benzene rings is 1. The molecule has 0 unspecified atom stereocenters. The molecule has 0 saturated carbocycles.